The Kier molecular flexibility index (Phi) is 11.9. The summed E-state index contributed by atoms with van der Waals surface area (Å²) in [6, 6.07) is 13.6. The number of amides is 2. The molecule has 240 valence electrons. The highest BCUT2D eigenvalue weighted by Gasteiger charge is 2.36. The zero-order valence-corrected chi connectivity index (χ0v) is 27.6. The first-order valence-corrected chi connectivity index (χ1v) is 17.7. The van der Waals surface area contributed by atoms with Gasteiger partial charge in [-0.3, -0.25) is 15.0 Å². The minimum absolute atomic E-state index is 0.0342. The van der Waals surface area contributed by atoms with Crippen molar-refractivity contribution in [2.24, 2.45) is 11.8 Å². The van der Waals surface area contributed by atoms with Crippen molar-refractivity contribution in [3.05, 3.63) is 59.6 Å². The fourth-order valence-corrected chi connectivity index (χ4v) is 7.42. The molecule has 1 aromatic heterocycles. The quantitative estimate of drug-likeness (QED) is 0.201. The Morgan fingerprint density at radius 2 is 1.82 bits per heavy atom. The Morgan fingerprint density at radius 3 is 2.48 bits per heavy atom. The number of carbonyl (C=O) groups excluding carboxylic acids is 2. The number of hydrogen-bond acceptors (Lipinski definition) is 8. The molecule has 1 saturated carbocycles. The van der Waals surface area contributed by atoms with Crippen LogP contribution in [0.1, 0.15) is 58.9 Å². The van der Waals surface area contributed by atoms with Crippen LogP contribution in [-0.2, 0) is 26.0 Å². The van der Waals surface area contributed by atoms with Crippen LogP contribution in [0, 0.1) is 11.8 Å². The van der Waals surface area contributed by atoms with E-state index < -0.39 is 22.2 Å². The summed E-state index contributed by atoms with van der Waals surface area (Å²) in [7, 11) is -4.02. The van der Waals surface area contributed by atoms with E-state index in [0.29, 0.717) is 6.04 Å². The number of thiazole rings is 1. The van der Waals surface area contributed by atoms with E-state index in [1.807, 2.05) is 58.0 Å². The number of rotatable bonds is 16. The highest BCUT2D eigenvalue weighted by Crippen LogP contribution is 2.26. The second kappa shape index (κ2) is 15.4. The van der Waals surface area contributed by atoms with Crippen LogP contribution in [0.15, 0.2) is 58.9 Å². The van der Waals surface area contributed by atoms with Crippen molar-refractivity contribution < 1.29 is 23.1 Å². The van der Waals surface area contributed by atoms with E-state index in [9.17, 15) is 23.1 Å². The SMILES string of the molecule is CC[C@H](C)CC(=O)N(NC(=O)CNC1CC1)[C@@H](Cc1ccccc1)[C@H](O)CN(CC(C)C)S(=O)(=O)c1ccc2ncsc2c1. The highest BCUT2D eigenvalue weighted by molar-refractivity contribution is 7.89. The van der Waals surface area contributed by atoms with Crippen LogP contribution in [0.5, 0.6) is 0 Å². The number of hydrazine groups is 1. The molecule has 0 spiro atoms. The van der Waals surface area contributed by atoms with Crippen molar-refractivity contribution in [2.45, 2.75) is 82.9 Å². The minimum Gasteiger partial charge on any atom is -0.390 e. The summed E-state index contributed by atoms with van der Waals surface area (Å²) < 4.78 is 30.1. The molecule has 12 heteroatoms. The zero-order valence-electron chi connectivity index (χ0n) is 26.0. The molecule has 2 aromatic carbocycles. The molecule has 3 N–H and O–H groups in total. The van der Waals surface area contributed by atoms with Crippen LogP contribution in [0.3, 0.4) is 0 Å². The maximum Gasteiger partial charge on any atom is 0.252 e. The Bertz CT molecular complexity index is 1490. The Labute approximate surface area is 264 Å². The average Bonchev–Trinajstić information content (AvgIpc) is 3.71. The maximum absolute atomic E-state index is 14.0. The number of nitrogens with one attached hydrogen (secondary N) is 2. The smallest absolute Gasteiger partial charge is 0.252 e. The number of benzene rings is 2. The van der Waals surface area contributed by atoms with Gasteiger partial charge in [0.05, 0.1) is 39.3 Å². The summed E-state index contributed by atoms with van der Waals surface area (Å²) in [5, 5.41) is 16.3. The monoisotopic (exact) mass is 643 g/mol. The zero-order chi connectivity index (χ0) is 31.9. The van der Waals surface area contributed by atoms with E-state index >= 15 is 0 Å². The normalized spacial score (nSPS) is 15.8. The predicted molar refractivity (Wildman–Crippen MR) is 173 cm³/mol. The highest BCUT2D eigenvalue weighted by atomic mass is 32.2. The van der Waals surface area contributed by atoms with Crippen molar-refractivity contribution >= 4 is 43.4 Å². The fraction of sp³-hybridized carbons (Fsp3) is 0.531. The summed E-state index contributed by atoms with van der Waals surface area (Å²) in [6.07, 6.45) is 1.87. The first kappa shape index (κ1) is 34.0. The molecule has 44 heavy (non-hydrogen) atoms. The van der Waals surface area contributed by atoms with E-state index in [2.05, 4.69) is 15.7 Å². The summed E-state index contributed by atoms with van der Waals surface area (Å²) >= 11 is 1.36. The van der Waals surface area contributed by atoms with E-state index in [1.54, 1.807) is 17.6 Å². The van der Waals surface area contributed by atoms with Crippen LogP contribution in [0.2, 0.25) is 0 Å². The Morgan fingerprint density at radius 1 is 1.09 bits per heavy atom. The summed E-state index contributed by atoms with van der Waals surface area (Å²) in [5.74, 6) is -0.689. The van der Waals surface area contributed by atoms with Gasteiger partial charge >= 0.3 is 0 Å². The van der Waals surface area contributed by atoms with Gasteiger partial charge in [0, 0.05) is 25.6 Å². The number of carbonyl (C=O) groups is 2. The lowest BCUT2D eigenvalue weighted by Gasteiger charge is -2.37. The fourth-order valence-electron chi connectivity index (χ4n) is 4.98. The molecule has 3 atom stereocenters. The van der Waals surface area contributed by atoms with Gasteiger partial charge in [0.2, 0.25) is 15.9 Å². The molecular formula is C32H45N5O5S2. The first-order chi connectivity index (χ1) is 21.0. The number of aliphatic hydroxyl groups excluding tert-OH is 1. The molecule has 0 unspecified atom stereocenters. The third kappa shape index (κ3) is 9.31. The number of fused-ring (bicyclic) bond motifs is 1. The van der Waals surface area contributed by atoms with E-state index in [1.165, 1.54) is 26.7 Å². The van der Waals surface area contributed by atoms with Crippen molar-refractivity contribution in [2.75, 3.05) is 19.6 Å². The standard InChI is InChI=1S/C32H45N5O5S2/c1-5-23(4)15-32(40)37(35-31(39)18-33-25-11-12-25)28(16-24-9-7-6-8-10-24)29(38)20-36(19-22(2)3)44(41,42)26-13-14-27-30(17-26)43-21-34-27/h6-10,13-14,17,21-23,25,28-29,33,38H,5,11-12,15-16,18-20H2,1-4H3,(H,35,39)/t23-,28-,29+/m0/s1. The number of nitrogens with zero attached hydrogens (tertiary/aromatic N) is 3. The molecule has 1 heterocycles. The first-order valence-electron chi connectivity index (χ1n) is 15.4. The van der Waals surface area contributed by atoms with Gasteiger partial charge in [0.25, 0.3) is 5.91 Å². The van der Waals surface area contributed by atoms with Gasteiger partial charge in [-0.1, -0.05) is 64.4 Å². The summed E-state index contributed by atoms with van der Waals surface area (Å²) in [6.45, 7) is 7.73. The second-order valence-electron chi connectivity index (χ2n) is 12.2. The average molecular weight is 644 g/mol. The molecule has 10 nitrogen and oxygen atoms in total. The van der Waals surface area contributed by atoms with Gasteiger partial charge in [-0.25, -0.2) is 18.4 Å². The van der Waals surface area contributed by atoms with Crippen molar-refractivity contribution in [1.82, 2.24) is 25.0 Å². The molecule has 0 aliphatic heterocycles. The van der Waals surface area contributed by atoms with E-state index in [4.69, 9.17) is 0 Å². The molecule has 0 bridgehead atoms. The molecule has 4 rings (SSSR count). The number of sulfonamides is 1. The number of hydrogen-bond donors (Lipinski definition) is 3. The number of aromatic nitrogens is 1. The Balaban J connectivity index is 1.67. The molecule has 0 saturated heterocycles. The predicted octanol–water partition coefficient (Wildman–Crippen LogP) is 3.96. The summed E-state index contributed by atoms with van der Waals surface area (Å²) in [5.41, 5.74) is 6.01. The van der Waals surface area contributed by atoms with E-state index in [-0.39, 0.29) is 61.0 Å². The largest absolute Gasteiger partial charge is 0.390 e. The topological polar surface area (TPSA) is 132 Å². The Hall–Kier alpha value is -2.90. The van der Waals surface area contributed by atoms with Crippen molar-refractivity contribution in [1.29, 1.82) is 0 Å². The van der Waals surface area contributed by atoms with Crippen LogP contribution in [-0.4, -0.2) is 77.5 Å². The van der Waals surface area contributed by atoms with Crippen LogP contribution < -0.4 is 10.7 Å². The molecule has 1 aliphatic carbocycles. The molecule has 0 radical (unpaired) electrons. The molecule has 1 aliphatic rings. The molecule has 2 amide bonds. The maximum atomic E-state index is 14.0. The molecular weight excluding hydrogens is 599 g/mol. The molecule has 1 fully saturated rings. The third-order valence-corrected chi connectivity index (χ3v) is 10.4. The van der Waals surface area contributed by atoms with Crippen LogP contribution in [0.25, 0.3) is 10.2 Å². The summed E-state index contributed by atoms with van der Waals surface area (Å²) in [4.78, 5) is 31.2. The molecule has 3 aromatic rings. The van der Waals surface area contributed by atoms with Gasteiger partial charge in [0.1, 0.15) is 0 Å². The van der Waals surface area contributed by atoms with Gasteiger partial charge in [-0.15, -0.1) is 11.3 Å². The van der Waals surface area contributed by atoms with Crippen LogP contribution >= 0.6 is 11.3 Å². The van der Waals surface area contributed by atoms with Crippen molar-refractivity contribution in [3.63, 3.8) is 0 Å². The van der Waals surface area contributed by atoms with Gasteiger partial charge in [-0.05, 0) is 54.9 Å². The third-order valence-electron chi connectivity index (χ3n) is 7.83. The lowest BCUT2D eigenvalue weighted by Crippen LogP contribution is -2.60. The number of aliphatic hydroxyl groups is 1. The van der Waals surface area contributed by atoms with E-state index in [0.717, 1.165) is 35.0 Å². The van der Waals surface area contributed by atoms with Gasteiger partial charge in [0.15, 0.2) is 0 Å². The van der Waals surface area contributed by atoms with Gasteiger partial charge < -0.3 is 10.4 Å². The van der Waals surface area contributed by atoms with Crippen molar-refractivity contribution in [3.8, 4) is 0 Å². The van der Waals surface area contributed by atoms with Crippen LogP contribution in [0.4, 0.5) is 0 Å². The van der Waals surface area contributed by atoms with Gasteiger partial charge in [-0.2, -0.15) is 4.31 Å². The second-order valence-corrected chi connectivity index (χ2v) is 15.0. The lowest BCUT2D eigenvalue weighted by atomic mass is 9.98. The lowest BCUT2D eigenvalue weighted by molar-refractivity contribution is -0.148. The minimum atomic E-state index is -4.02.